The lowest BCUT2D eigenvalue weighted by molar-refractivity contribution is 0.287. The zero-order valence-electron chi connectivity index (χ0n) is 13.2. The van der Waals surface area contributed by atoms with Crippen molar-refractivity contribution in [2.75, 3.05) is 47.9 Å². The fourth-order valence-electron chi connectivity index (χ4n) is 2.47. The number of rotatable bonds is 6. The SMILES string of the molecule is COc1ccc(C2CN=C(N)N2CCN(C)C)c(OC)c1. The average Bonchev–Trinajstić information content (AvgIpc) is 2.85. The highest BCUT2D eigenvalue weighted by Gasteiger charge is 2.29. The van der Waals surface area contributed by atoms with Gasteiger partial charge < -0.3 is 25.0 Å². The standard InChI is InChI=1S/C15H24N4O2/c1-18(2)7-8-19-13(10-17-15(19)16)12-6-5-11(20-3)9-14(12)21-4/h5-6,9,13H,7-8,10H2,1-4H3,(H2,16,17). The highest BCUT2D eigenvalue weighted by Crippen LogP contribution is 2.34. The molecule has 1 atom stereocenters. The molecular weight excluding hydrogens is 268 g/mol. The Morgan fingerprint density at radius 1 is 1.33 bits per heavy atom. The first-order chi connectivity index (χ1) is 10.1. The van der Waals surface area contributed by atoms with E-state index >= 15 is 0 Å². The Kier molecular flexibility index (Phi) is 4.90. The fourth-order valence-corrected chi connectivity index (χ4v) is 2.47. The first-order valence-electron chi connectivity index (χ1n) is 7.00. The van der Waals surface area contributed by atoms with Gasteiger partial charge in [0.1, 0.15) is 11.5 Å². The highest BCUT2D eigenvalue weighted by molar-refractivity contribution is 5.80. The summed E-state index contributed by atoms with van der Waals surface area (Å²) in [6.07, 6.45) is 0. The fraction of sp³-hybridized carbons (Fsp3) is 0.533. The molecule has 6 nitrogen and oxygen atoms in total. The predicted octanol–water partition coefficient (Wildman–Crippen LogP) is 0.937. The van der Waals surface area contributed by atoms with Crippen LogP contribution in [0.2, 0.25) is 0 Å². The molecule has 0 saturated carbocycles. The largest absolute Gasteiger partial charge is 0.497 e. The number of likely N-dealkylation sites (N-methyl/N-ethyl adjacent to an activating group) is 1. The zero-order chi connectivity index (χ0) is 15.4. The molecule has 2 rings (SSSR count). The quantitative estimate of drug-likeness (QED) is 0.845. The molecule has 1 aromatic rings. The van der Waals surface area contributed by atoms with E-state index in [-0.39, 0.29) is 6.04 Å². The van der Waals surface area contributed by atoms with Crippen molar-refractivity contribution < 1.29 is 9.47 Å². The molecule has 0 radical (unpaired) electrons. The molecule has 21 heavy (non-hydrogen) atoms. The molecule has 0 bridgehead atoms. The molecule has 2 N–H and O–H groups in total. The molecule has 0 aliphatic carbocycles. The monoisotopic (exact) mass is 292 g/mol. The van der Waals surface area contributed by atoms with Gasteiger partial charge in [-0.2, -0.15) is 0 Å². The van der Waals surface area contributed by atoms with Gasteiger partial charge in [-0.15, -0.1) is 0 Å². The van der Waals surface area contributed by atoms with E-state index in [1.807, 2.05) is 32.3 Å². The van der Waals surface area contributed by atoms with Crippen LogP contribution in [0.5, 0.6) is 11.5 Å². The van der Waals surface area contributed by atoms with Crippen LogP contribution in [0.1, 0.15) is 11.6 Å². The van der Waals surface area contributed by atoms with Crippen molar-refractivity contribution in [1.29, 1.82) is 0 Å². The van der Waals surface area contributed by atoms with E-state index < -0.39 is 0 Å². The Bertz CT molecular complexity index is 516. The number of hydrogen-bond acceptors (Lipinski definition) is 6. The summed E-state index contributed by atoms with van der Waals surface area (Å²) in [6, 6.07) is 5.98. The Hall–Kier alpha value is -1.95. The highest BCUT2D eigenvalue weighted by atomic mass is 16.5. The van der Waals surface area contributed by atoms with Crippen molar-refractivity contribution in [3.05, 3.63) is 23.8 Å². The summed E-state index contributed by atoms with van der Waals surface area (Å²) in [7, 11) is 7.41. The number of hydrogen-bond donors (Lipinski definition) is 1. The molecule has 1 aliphatic rings. The minimum absolute atomic E-state index is 0.116. The van der Waals surface area contributed by atoms with Gasteiger partial charge in [-0.3, -0.25) is 4.99 Å². The van der Waals surface area contributed by atoms with E-state index in [1.54, 1.807) is 14.2 Å². The summed E-state index contributed by atoms with van der Waals surface area (Å²) in [5, 5.41) is 0. The second-order valence-electron chi connectivity index (χ2n) is 5.32. The van der Waals surface area contributed by atoms with Crippen LogP contribution in [0, 0.1) is 0 Å². The smallest absolute Gasteiger partial charge is 0.191 e. The van der Waals surface area contributed by atoms with Crippen LogP contribution < -0.4 is 15.2 Å². The van der Waals surface area contributed by atoms with Crippen LogP contribution in [0.4, 0.5) is 0 Å². The summed E-state index contributed by atoms with van der Waals surface area (Å²) in [4.78, 5) is 8.65. The molecule has 1 aromatic carbocycles. The average molecular weight is 292 g/mol. The Labute approximate surface area is 126 Å². The molecular formula is C15H24N4O2. The van der Waals surface area contributed by atoms with Crippen molar-refractivity contribution in [2.24, 2.45) is 10.7 Å². The van der Waals surface area contributed by atoms with Crippen molar-refractivity contribution in [3.8, 4) is 11.5 Å². The van der Waals surface area contributed by atoms with E-state index in [2.05, 4.69) is 14.8 Å². The number of benzene rings is 1. The number of aliphatic imine (C=N–C) groups is 1. The van der Waals surface area contributed by atoms with E-state index in [9.17, 15) is 0 Å². The summed E-state index contributed by atoms with van der Waals surface area (Å²) < 4.78 is 10.7. The van der Waals surface area contributed by atoms with Crippen molar-refractivity contribution >= 4 is 5.96 Å². The maximum Gasteiger partial charge on any atom is 0.191 e. The van der Waals surface area contributed by atoms with Crippen LogP contribution in [0.15, 0.2) is 23.2 Å². The van der Waals surface area contributed by atoms with Gasteiger partial charge in [-0.25, -0.2) is 0 Å². The molecule has 0 aromatic heterocycles. The van der Waals surface area contributed by atoms with Gasteiger partial charge in [-0.05, 0) is 26.2 Å². The number of nitrogens with two attached hydrogens (primary N) is 1. The third kappa shape index (κ3) is 3.39. The summed E-state index contributed by atoms with van der Waals surface area (Å²) in [6.45, 7) is 2.41. The predicted molar refractivity (Wildman–Crippen MR) is 84.0 cm³/mol. The molecule has 116 valence electrons. The van der Waals surface area contributed by atoms with Crippen LogP contribution in [0.25, 0.3) is 0 Å². The molecule has 1 unspecified atom stereocenters. The lowest BCUT2D eigenvalue weighted by atomic mass is 10.0. The van der Waals surface area contributed by atoms with Crippen LogP contribution >= 0.6 is 0 Å². The second kappa shape index (κ2) is 6.67. The Morgan fingerprint density at radius 2 is 2.10 bits per heavy atom. The summed E-state index contributed by atoms with van der Waals surface area (Å²) in [5.41, 5.74) is 7.12. The normalized spacial score (nSPS) is 18.0. The first-order valence-corrected chi connectivity index (χ1v) is 7.00. The van der Waals surface area contributed by atoms with E-state index in [0.717, 1.165) is 30.2 Å². The van der Waals surface area contributed by atoms with Crippen molar-refractivity contribution in [2.45, 2.75) is 6.04 Å². The zero-order valence-corrected chi connectivity index (χ0v) is 13.2. The molecule has 0 fully saturated rings. The molecule has 6 heteroatoms. The van der Waals surface area contributed by atoms with E-state index in [1.165, 1.54) is 0 Å². The van der Waals surface area contributed by atoms with Crippen molar-refractivity contribution in [1.82, 2.24) is 9.80 Å². The number of ether oxygens (including phenoxy) is 2. The minimum atomic E-state index is 0.116. The van der Waals surface area contributed by atoms with Gasteiger partial charge in [-0.1, -0.05) is 0 Å². The molecule has 1 heterocycles. The third-order valence-electron chi connectivity index (χ3n) is 3.68. The lowest BCUT2D eigenvalue weighted by Gasteiger charge is -2.28. The summed E-state index contributed by atoms with van der Waals surface area (Å²) in [5.74, 6) is 2.18. The van der Waals surface area contributed by atoms with Gasteiger partial charge in [0, 0.05) is 24.7 Å². The Balaban J connectivity index is 2.23. The number of guanidine groups is 1. The van der Waals surface area contributed by atoms with Gasteiger partial charge in [0.05, 0.1) is 26.8 Å². The maximum absolute atomic E-state index is 6.03. The third-order valence-corrected chi connectivity index (χ3v) is 3.68. The van der Waals surface area contributed by atoms with Gasteiger partial charge in [0.15, 0.2) is 5.96 Å². The Morgan fingerprint density at radius 3 is 2.71 bits per heavy atom. The minimum Gasteiger partial charge on any atom is -0.497 e. The van der Waals surface area contributed by atoms with Gasteiger partial charge >= 0.3 is 0 Å². The second-order valence-corrected chi connectivity index (χ2v) is 5.32. The van der Waals surface area contributed by atoms with Crippen LogP contribution in [-0.4, -0.2) is 63.7 Å². The molecule has 0 spiro atoms. The van der Waals surface area contributed by atoms with E-state index in [4.69, 9.17) is 15.2 Å². The molecule has 0 saturated heterocycles. The van der Waals surface area contributed by atoms with Gasteiger partial charge in [0.2, 0.25) is 0 Å². The lowest BCUT2D eigenvalue weighted by Crippen LogP contribution is -2.40. The maximum atomic E-state index is 6.03. The van der Waals surface area contributed by atoms with Crippen LogP contribution in [0.3, 0.4) is 0 Å². The van der Waals surface area contributed by atoms with Gasteiger partial charge in [0.25, 0.3) is 0 Å². The first kappa shape index (κ1) is 15.4. The van der Waals surface area contributed by atoms with Crippen LogP contribution in [-0.2, 0) is 0 Å². The van der Waals surface area contributed by atoms with E-state index in [0.29, 0.717) is 12.5 Å². The molecule has 1 aliphatic heterocycles. The topological polar surface area (TPSA) is 63.3 Å². The number of methoxy groups -OCH3 is 2. The van der Waals surface area contributed by atoms with Crippen molar-refractivity contribution in [3.63, 3.8) is 0 Å². The molecule has 0 amide bonds. The number of nitrogens with zero attached hydrogens (tertiary/aromatic N) is 3. The summed E-state index contributed by atoms with van der Waals surface area (Å²) >= 11 is 0.